The van der Waals surface area contributed by atoms with Crippen molar-refractivity contribution < 1.29 is 9.26 Å². The minimum absolute atomic E-state index is 0.549. The van der Waals surface area contributed by atoms with Crippen LogP contribution in [-0.2, 0) is 11.3 Å². The van der Waals surface area contributed by atoms with E-state index in [1.54, 1.807) is 0 Å². The van der Waals surface area contributed by atoms with Crippen molar-refractivity contribution in [1.82, 2.24) is 5.16 Å². The molecule has 0 N–H and O–H groups in total. The van der Waals surface area contributed by atoms with Crippen molar-refractivity contribution in [3.8, 4) is 0 Å². The molecule has 0 bridgehead atoms. The van der Waals surface area contributed by atoms with Crippen molar-refractivity contribution in [2.24, 2.45) is 0 Å². The molecule has 1 aromatic rings. The fourth-order valence-corrected chi connectivity index (χ4v) is 0.693. The Balaban J connectivity index is 2.42. The maximum Gasteiger partial charge on any atom is 0.134 e. The summed E-state index contributed by atoms with van der Waals surface area (Å²) >= 11 is 0. The molecule has 0 aliphatic heterocycles. The Morgan fingerprint density at radius 2 is 2.50 bits per heavy atom. The van der Waals surface area contributed by atoms with Crippen molar-refractivity contribution in [1.29, 1.82) is 0 Å². The number of hydrogen-bond donors (Lipinski definition) is 0. The molecule has 1 heterocycles. The van der Waals surface area contributed by atoms with Crippen LogP contribution in [-0.4, -0.2) is 11.8 Å². The van der Waals surface area contributed by atoms with Crippen LogP contribution in [0.3, 0.4) is 0 Å². The highest BCUT2D eigenvalue weighted by molar-refractivity contribution is 5.01. The van der Waals surface area contributed by atoms with Crippen LogP contribution in [0.5, 0.6) is 0 Å². The molecule has 0 aliphatic rings. The summed E-state index contributed by atoms with van der Waals surface area (Å²) in [4.78, 5) is 0. The monoisotopic (exact) mass is 141 g/mol. The van der Waals surface area contributed by atoms with Gasteiger partial charge in [0.05, 0.1) is 6.61 Å². The van der Waals surface area contributed by atoms with Gasteiger partial charge in [0.1, 0.15) is 11.5 Å². The molecule has 56 valence electrons. The van der Waals surface area contributed by atoms with Crippen LogP contribution in [0.4, 0.5) is 0 Å². The van der Waals surface area contributed by atoms with E-state index in [-0.39, 0.29) is 0 Å². The number of aromatic nitrogens is 1. The lowest BCUT2D eigenvalue weighted by Gasteiger charge is -1.92. The highest BCUT2D eigenvalue weighted by Crippen LogP contribution is 2.02. The minimum Gasteiger partial charge on any atom is -0.375 e. The second-order valence-corrected chi connectivity index (χ2v) is 2.07. The molecule has 10 heavy (non-hydrogen) atoms. The number of ether oxygens (including phenoxy) is 1. The van der Waals surface area contributed by atoms with Crippen LogP contribution in [0.25, 0.3) is 0 Å². The van der Waals surface area contributed by atoms with E-state index >= 15 is 0 Å². The third-order valence-electron chi connectivity index (χ3n) is 1.13. The first kappa shape index (κ1) is 7.28. The van der Waals surface area contributed by atoms with E-state index in [2.05, 4.69) is 5.16 Å². The molecular formula is C7H11NO2. The summed E-state index contributed by atoms with van der Waals surface area (Å²) < 4.78 is 9.94. The standard InChI is InChI=1S/C7H11NO2/c1-3-9-5-7-4-6(2)10-8-7/h4H,3,5H2,1-2H3. The fourth-order valence-electron chi connectivity index (χ4n) is 0.693. The third-order valence-corrected chi connectivity index (χ3v) is 1.13. The summed E-state index contributed by atoms with van der Waals surface area (Å²) in [7, 11) is 0. The van der Waals surface area contributed by atoms with Crippen molar-refractivity contribution >= 4 is 0 Å². The van der Waals surface area contributed by atoms with Crippen LogP contribution < -0.4 is 0 Å². The summed E-state index contributed by atoms with van der Waals surface area (Å²) in [5.41, 5.74) is 0.861. The SMILES string of the molecule is CCOCc1cc(C)on1. The van der Waals surface area contributed by atoms with Gasteiger partial charge in [0.25, 0.3) is 0 Å². The van der Waals surface area contributed by atoms with Gasteiger partial charge in [-0.2, -0.15) is 0 Å². The zero-order valence-corrected chi connectivity index (χ0v) is 6.26. The maximum atomic E-state index is 5.11. The van der Waals surface area contributed by atoms with Crippen molar-refractivity contribution in [2.75, 3.05) is 6.61 Å². The molecule has 0 saturated carbocycles. The van der Waals surface area contributed by atoms with Gasteiger partial charge in [-0.3, -0.25) is 0 Å². The lowest BCUT2D eigenvalue weighted by molar-refractivity contribution is 0.128. The van der Waals surface area contributed by atoms with E-state index < -0.39 is 0 Å². The van der Waals surface area contributed by atoms with E-state index in [1.165, 1.54) is 0 Å². The molecule has 0 atom stereocenters. The average Bonchev–Trinajstić information content (AvgIpc) is 2.31. The number of hydrogen-bond acceptors (Lipinski definition) is 3. The van der Waals surface area contributed by atoms with E-state index in [9.17, 15) is 0 Å². The molecule has 3 nitrogen and oxygen atoms in total. The molecule has 1 aromatic heterocycles. The Morgan fingerprint density at radius 3 is 3.00 bits per heavy atom. The highest BCUT2D eigenvalue weighted by atomic mass is 16.5. The van der Waals surface area contributed by atoms with Gasteiger partial charge in [-0.15, -0.1) is 0 Å². The first-order valence-electron chi connectivity index (χ1n) is 3.33. The molecular weight excluding hydrogens is 130 g/mol. The molecule has 0 saturated heterocycles. The van der Waals surface area contributed by atoms with Gasteiger partial charge < -0.3 is 9.26 Å². The summed E-state index contributed by atoms with van der Waals surface area (Å²) in [6.07, 6.45) is 0. The number of nitrogens with zero attached hydrogens (tertiary/aromatic N) is 1. The summed E-state index contributed by atoms with van der Waals surface area (Å²) in [6.45, 7) is 5.08. The van der Waals surface area contributed by atoms with Gasteiger partial charge in [-0.25, -0.2) is 0 Å². The van der Waals surface area contributed by atoms with Crippen LogP contribution >= 0.6 is 0 Å². The van der Waals surface area contributed by atoms with Gasteiger partial charge in [-0.1, -0.05) is 5.16 Å². The Bertz CT molecular complexity index is 195. The smallest absolute Gasteiger partial charge is 0.134 e. The van der Waals surface area contributed by atoms with Crippen LogP contribution in [0.1, 0.15) is 18.4 Å². The molecule has 0 spiro atoms. The minimum atomic E-state index is 0.549. The van der Waals surface area contributed by atoms with Gasteiger partial charge >= 0.3 is 0 Å². The van der Waals surface area contributed by atoms with Crippen molar-refractivity contribution in [3.05, 3.63) is 17.5 Å². The molecule has 0 fully saturated rings. The first-order valence-corrected chi connectivity index (χ1v) is 3.33. The first-order chi connectivity index (χ1) is 4.83. The quantitative estimate of drug-likeness (QED) is 0.640. The predicted octanol–water partition coefficient (Wildman–Crippen LogP) is 1.52. The molecule has 0 unspecified atom stereocenters. The van der Waals surface area contributed by atoms with Gasteiger partial charge in [0.15, 0.2) is 0 Å². The molecule has 3 heteroatoms. The molecule has 0 aliphatic carbocycles. The van der Waals surface area contributed by atoms with E-state index in [1.807, 2.05) is 19.9 Å². The molecule has 1 rings (SSSR count). The lowest BCUT2D eigenvalue weighted by atomic mass is 10.4. The second kappa shape index (κ2) is 3.37. The van der Waals surface area contributed by atoms with E-state index in [0.717, 1.165) is 11.5 Å². The van der Waals surface area contributed by atoms with E-state index in [4.69, 9.17) is 9.26 Å². The van der Waals surface area contributed by atoms with Crippen molar-refractivity contribution in [3.63, 3.8) is 0 Å². The number of aryl methyl sites for hydroxylation is 1. The molecule has 0 radical (unpaired) electrons. The van der Waals surface area contributed by atoms with Gasteiger partial charge in [-0.05, 0) is 13.8 Å². The maximum absolute atomic E-state index is 5.11. The summed E-state index contributed by atoms with van der Waals surface area (Å²) in [5.74, 6) is 0.828. The highest BCUT2D eigenvalue weighted by Gasteiger charge is 1.97. The third kappa shape index (κ3) is 1.84. The second-order valence-electron chi connectivity index (χ2n) is 2.07. The Morgan fingerprint density at radius 1 is 1.70 bits per heavy atom. The average molecular weight is 141 g/mol. The summed E-state index contributed by atoms with van der Waals surface area (Å²) in [5, 5.41) is 3.75. The van der Waals surface area contributed by atoms with Crippen LogP contribution in [0, 0.1) is 6.92 Å². The van der Waals surface area contributed by atoms with Crippen molar-refractivity contribution in [2.45, 2.75) is 20.5 Å². The van der Waals surface area contributed by atoms with Gasteiger partial charge in [0.2, 0.25) is 0 Å². The lowest BCUT2D eigenvalue weighted by Crippen LogP contribution is -1.90. The number of rotatable bonds is 3. The Hall–Kier alpha value is -0.830. The van der Waals surface area contributed by atoms with Crippen LogP contribution in [0.2, 0.25) is 0 Å². The van der Waals surface area contributed by atoms with E-state index in [0.29, 0.717) is 13.2 Å². The molecule has 0 amide bonds. The van der Waals surface area contributed by atoms with Gasteiger partial charge in [0, 0.05) is 12.7 Å². The fraction of sp³-hybridized carbons (Fsp3) is 0.571. The molecule has 0 aromatic carbocycles. The normalized spacial score (nSPS) is 10.2. The zero-order chi connectivity index (χ0) is 7.40. The zero-order valence-electron chi connectivity index (χ0n) is 6.26. The topological polar surface area (TPSA) is 35.3 Å². The Labute approximate surface area is 60.0 Å². The largest absolute Gasteiger partial charge is 0.375 e. The summed E-state index contributed by atoms with van der Waals surface area (Å²) in [6, 6.07) is 1.87. The Kier molecular flexibility index (Phi) is 2.45. The van der Waals surface area contributed by atoms with Crippen LogP contribution in [0.15, 0.2) is 10.6 Å². The predicted molar refractivity (Wildman–Crippen MR) is 36.6 cm³/mol.